The molecule has 0 aromatic heterocycles. The first-order valence-electron chi connectivity index (χ1n) is 5.68. The summed E-state index contributed by atoms with van der Waals surface area (Å²) in [6.45, 7) is 4.54. The van der Waals surface area contributed by atoms with Gasteiger partial charge in [-0.3, -0.25) is 10.1 Å². The molecule has 16 heavy (non-hydrogen) atoms. The summed E-state index contributed by atoms with van der Waals surface area (Å²) in [6, 6.07) is 10.7. The number of amides is 1. The van der Waals surface area contributed by atoms with Crippen LogP contribution in [0.5, 0.6) is 0 Å². The third-order valence-electron chi connectivity index (χ3n) is 2.97. The summed E-state index contributed by atoms with van der Waals surface area (Å²) in [7, 11) is 0. The highest BCUT2D eigenvalue weighted by atomic mass is 16.2. The van der Waals surface area contributed by atoms with Gasteiger partial charge in [0.25, 0.3) is 0 Å². The largest absolute Gasteiger partial charge is 0.353 e. The first kappa shape index (κ1) is 11.1. The van der Waals surface area contributed by atoms with E-state index in [4.69, 9.17) is 0 Å². The molecular weight excluding hydrogens is 200 g/mol. The van der Waals surface area contributed by atoms with Gasteiger partial charge in [-0.25, -0.2) is 0 Å². The lowest BCUT2D eigenvalue weighted by molar-refractivity contribution is -0.128. The van der Waals surface area contributed by atoms with E-state index in [0.717, 1.165) is 6.42 Å². The van der Waals surface area contributed by atoms with Gasteiger partial charge in [0.1, 0.15) is 0 Å². The van der Waals surface area contributed by atoms with Crippen molar-refractivity contribution < 1.29 is 4.79 Å². The Labute approximate surface area is 96.2 Å². The van der Waals surface area contributed by atoms with Crippen LogP contribution < -0.4 is 10.6 Å². The predicted octanol–water partition coefficient (Wildman–Crippen LogP) is 1.10. The summed E-state index contributed by atoms with van der Waals surface area (Å²) in [5, 5.41) is 6.32. The minimum atomic E-state index is -0.461. The maximum absolute atomic E-state index is 11.5. The Bertz CT molecular complexity index is 373. The standard InChI is InChI=1S/C13H18N2O/c1-13(2)12(16)14-9-11(15-13)8-10-6-4-3-5-7-10/h3-7,11,15H,8-9H2,1-2H3,(H,14,16). The van der Waals surface area contributed by atoms with Crippen LogP contribution in [0, 0.1) is 0 Å². The van der Waals surface area contributed by atoms with E-state index in [1.54, 1.807) is 0 Å². The van der Waals surface area contributed by atoms with Crippen molar-refractivity contribution in [3.05, 3.63) is 35.9 Å². The number of hydrogen-bond acceptors (Lipinski definition) is 2. The third-order valence-corrected chi connectivity index (χ3v) is 2.97. The normalized spacial score (nSPS) is 23.9. The molecule has 1 atom stereocenters. The Balaban J connectivity index is 2.00. The number of carbonyl (C=O) groups is 1. The SMILES string of the molecule is CC1(C)NC(Cc2ccccc2)CNC1=O. The van der Waals surface area contributed by atoms with Gasteiger partial charge in [0, 0.05) is 12.6 Å². The van der Waals surface area contributed by atoms with Crippen LogP contribution in [0.1, 0.15) is 19.4 Å². The summed E-state index contributed by atoms with van der Waals surface area (Å²) in [5.41, 5.74) is 0.837. The molecule has 1 aromatic rings. The summed E-state index contributed by atoms with van der Waals surface area (Å²) in [5.74, 6) is 0.0804. The van der Waals surface area contributed by atoms with Gasteiger partial charge >= 0.3 is 0 Å². The topological polar surface area (TPSA) is 41.1 Å². The van der Waals surface area contributed by atoms with Gasteiger partial charge in [0.2, 0.25) is 5.91 Å². The zero-order valence-corrected chi connectivity index (χ0v) is 9.79. The zero-order valence-electron chi connectivity index (χ0n) is 9.79. The second-order valence-corrected chi connectivity index (χ2v) is 4.87. The van der Waals surface area contributed by atoms with Gasteiger partial charge in [-0.15, -0.1) is 0 Å². The molecular formula is C13H18N2O. The summed E-state index contributed by atoms with van der Waals surface area (Å²) >= 11 is 0. The Hall–Kier alpha value is -1.35. The van der Waals surface area contributed by atoms with E-state index in [0.29, 0.717) is 12.6 Å². The number of nitrogens with one attached hydrogen (secondary N) is 2. The number of piperazine rings is 1. The van der Waals surface area contributed by atoms with Crippen LogP contribution in [0.25, 0.3) is 0 Å². The van der Waals surface area contributed by atoms with Crippen molar-refractivity contribution in [2.45, 2.75) is 31.8 Å². The van der Waals surface area contributed by atoms with Crippen molar-refractivity contribution in [2.24, 2.45) is 0 Å². The van der Waals surface area contributed by atoms with E-state index in [2.05, 4.69) is 22.8 Å². The molecule has 1 unspecified atom stereocenters. The minimum Gasteiger partial charge on any atom is -0.353 e. The van der Waals surface area contributed by atoms with Gasteiger partial charge < -0.3 is 5.32 Å². The lowest BCUT2D eigenvalue weighted by atomic mass is 9.96. The first-order valence-corrected chi connectivity index (χ1v) is 5.68. The average Bonchev–Trinajstić information content (AvgIpc) is 2.25. The second-order valence-electron chi connectivity index (χ2n) is 4.87. The first-order chi connectivity index (χ1) is 7.58. The predicted molar refractivity (Wildman–Crippen MR) is 64.2 cm³/mol. The van der Waals surface area contributed by atoms with Crippen LogP contribution in [-0.2, 0) is 11.2 Å². The maximum atomic E-state index is 11.5. The molecule has 1 aromatic carbocycles. The molecule has 2 rings (SSSR count). The molecule has 1 fully saturated rings. The van der Waals surface area contributed by atoms with Crippen molar-refractivity contribution in [3.8, 4) is 0 Å². The fourth-order valence-electron chi connectivity index (χ4n) is 2.09. The Morgan fingerprint density at radius 1 is 1.31 bits per heavy atom. The molecule has 2 N–H and O–H groups in total. The summed E-state index contributed by atoms with van der Waals surface area (Å²) in [4.78, 5) is 11.5. The molecule has 0 saturated carbocycles. The fraction of sp³-hybridized carbons (Fsp3) is 0.462. The summed E-state index contributed by atoms with van der Waals surface area (Å²) < 4.78 is 0. The van der Waals surface area contributed by atoms with Crippen LogP contribution in [-0.4, -0.2) is 24.0 Å². The average molecular weight is 218 g/mol. The van der Waals surface area contributed by atoms with Crippen LogP contribution in [0.15, 0.2) is 30.3 Å². The molecule has 0 aliphatic carbocycles. The van der Waals surface area contributed by atoms with Crippen molar-refractivity contribution >= 4 is 5.91 Å². The maximum Gasteiger partial charge on any atom is 0.239 e. The Morgan fingerprint density at radius 3 is 2.62 bits per heavy atom. The van der Waals surface area contributed by atoms with Gasteiger partial charge in [0.05, 0.1) is 5.54 Å². The third kappa shape index (κ3) is 2.42. The van der Waals surface area contributed by atoms with Crippen LogP contribution in [0.2, 0.25) is 0 Å². The van der Waals surface area contributed by atoms with Gasteiger partial charge in [0.15, 0.2) is 0 Å². The van der Waals surface area contributed by atoms with Crippen LogP contribution in [0.4, 0.5) is 0 Å². The number of carbonyl (C=O) groups excluding carboxylic acids is 1. The summed E-state index contributed by atoms with van der Waals surface area (Å²) in [6.07, 6.45) is 0.949. The van der Waals surface area contributed by atoms with Crippen molar-refractivity contribution in [3.63, 3.8) is 0 Å². The highest BCUT2D eigenvalue weighted by molar-refractivity contribution is 5.86. The van der Waals surface area contributed by atoms with Crippen molar-refractivity contribution in [2.75, 3.05) is 6.54 Å². The molecule has 1 aliphatic heterocycles. The smallest absolute Gasteiger partial charge is 0.239 e. The number of rotatable bonds is 2. The molecule has 0 radical (unpaired) electrons. The molecule has 0 bridgehead atoms. The van der Waals surface area contributed by atoms with E-state index < -0.39 is 5.54 Å². The highest BCUT2D eigenvalue weighted by Crippen LogP contribution is 2.12. The fourth-order valence-corrected chi connectivity index (χ4v) is 2.09. The van der Waals surface area contributed by atoms with Gasteiger partial charge in [-0.2, -0.15) is 0 Å². The molecule has 1 aliphatic rings. The van der Waals surface area contributed by atoms with E-state index in [9.17, 15) is 4.79 Å². The lowest BCUT2D eigenvalue weighted by Crippen LogP contribution is -2.64. The quantitative estimate of drug-likeness (QED) is 0.780. The van der Waals surface area contributed by atoms with Crippen LogP contribution in [0.3, 0.4) is 0 Å². The van der Waals surface area contributed by atoms with E-state index in [1.807, 2.05) is 32.0 Å². The Morgan fingerprint density at radius 2 is 2.00 bits per heavy atom. The number of hydrogen-bond donors (Lipinski definition) is 2. The molecule has 3 nitrogen and oxygen atoms in total. The molecule has 86 valence electrons. The lowest BCUT2D eigenvalue weighted by Gasteiger charge is -2.36. The van der Waals surface area contributed by atoms with Crippen LogP contribution >= 0.6 is 0 Å². The molecule has 1 amide bonds. The second kappa shape index (κ2) is 4.26. The highest BCUT2D eigenvalue weighted by Gasteiger charge is 2.34. The van der Waals surface area contributed by atoms with E-state index in [-0.39, 0.29) is 5.91 Å². The number of benzene rings is 1. The van der Waals surface area contributed by atoms with Crippen molar-refractivity contribution in [1.82, 2.24) is 10.6 Å². The van der Waals surface area contributed by atoms with Gasteiger partial charge in [-0.1, -0.05) is 30.3 Å². The monoisotopic (exact) mass is 218 g/mol. The van der Waals surface area contributed by atoms with E-state index >= 15 is 0 Å². The van der Waals surface area contributed by atoms with Gasteiger partial charge in [-0.05, 0) is 25.8 Å². The van der Waals surface area contributed by atoms with Crippen molar-refractivity contribution in [1.29, 1.82) is 0 Å². The molecule has 3 heteroatoms. The minimum absolute atomic E-state index is 0.0804. The zero-order chi connectivity index (χ0) is 11.6. The molecule has 0 spiro atoms. The molecule has 1 saturated heterocycles. The molecule has 1 heterocycles. The Kier molecular flexibility index (Phi) is 2.97. The van der Waals surface area contributed by atoms with E-state index in [1.165, 1.54) is 5.56 Å².